The molecule has 1 fully saturated rings. The Morgan fingerprint density at radius 3 is 2.71 bits per heavy atom. The van der Waals surface area contributed by atoms with Crippen LogP contribution in [0, 0.1) is 17.8 Å². The second-order valence-electron chi connectivity index (χ2n) is 4.89. The molecule has 3 nitrogen and oxygen atoms in total. The Hall–Kier alpha value is -1.64. The van der Waals surface area contributed by atoms with E-state index in [9.17, 15) is 9.59 Å². The summed E-state index contributed by atoms with van der Waals surface area (Å²) in [6.45, 7) is 0. The van der Waals surface area contributed by atoms with Gasteiger partial charge in [-0.1, -0.05) is 24.3 Å². The maximum atomic E-state index is 12.0. The first-order valence-electron chi connectivity index (χ1n) is 6.01. The van der Waals surface area contributed by atoms with E-state index in [1.165, 1.54) is 6.08 Å². The monoisotopic (exact) mass is 230 g/mol. The van der Waals surface area contributed by atoms with Crippen LogP contribution >= 0.6 is 0 Å². The topological polar surface area (TPSA) is 43.4 Å². The summed E-state index contributed by atoms with van der Waals surface area (Å²) >= 11 is 0. The van der Waals surface area contributed by atoms with Gasteiger partial charge in [-0.3, -0.25) is 9.59 Å². The van der Waals surface area contributed by atoms with Gasteiger partial charge in [0.05, 0.1) is 5.92 Å². The van der Waals surface area contributed by atoms with Crippen molar-refractivity contribution in [2.24, 2.45) is 17.8 Å². The fourth-order valence-electron chi connectivity index (χ4n) is 2.87. The summed E-state index contributed by atoms with van der Waals surface area (Å²) in [6, 6.07) is 0. The second kappa shape index (κ2) is 3.99. The third-order valence-electron chi connectivity index (χ3n) is 3.76. The van der Waals surface area contributed by atoms with Gasteiger partial charge in [0, 0.05) is 0 Å². The van der Waals surface area contributed by atoms with Gasteiger partial charge in [0.15, 0.2) is 11.9 Å². The van der Waals surface area contributed by atoms with Gasteiger partial charge in [-0.05, 0) is 36.8 Å². The van der Waals surface area contributed by atoms with Crippen molar-refractivity contribution in [1.29, 1.82) is 0 Å². The highest BCUT2D eigenvalue weighted by atomic mass is 16.5. The summed E-state index contributed by atoms with van der Waals surface area (Å²) in [5, 5.41) is 0. The average molecular weight is 230 g/mol. The van der Waals surface area contributed by atoms with Gasteiger partial charge >= 0.3 is 5.97 Å². The normalized spacial score (nSPS) is 37.8. The van der Waals surface area contributed by atoms with Crippen molar-refractivity contribution in [2.45, 2.75) is 18.9 Å². The van der Waals surface area contributed by atoms with E-state index in [4.69, 9.17) is 4.74 Å². The van der Waals surface area contributed by atoms with E-state index in [2.05, 4.69) is 12.2 Å². The summed E-state index contributed by atoms with van der Waals surface area (Å²) in [5.41, 5.74) is 0. The Labute approximate surface area is 99.8 Å². The van der Waals surface area contributed by atoms with Crippen LogP contribution in [0.3, 0.4) is 0 Å². The van der Waals surface area contributed by atoms with Crippen molar-refractivity contribution >= 4 is 11.8 Å². The number of esters is 1. The van der Waals surface area contributed by atoms with Crippen LogP contribution in [0.5, 0.6) is 0 Å². The molecule has 2 bridgehead atoms. The second-order valence-corrected chi connectivity index (χ2v) is 4.89. The van der Waals surface area contributed by atoms with Crippen LogP contribution in [0.2, 0.25) is 0 Å². The van der Waals surface area contributed by atoms with Crippen LogP contribution in [0.25, 0.3) is 0 Å². The molecule has 0 aromatic rings. The fraction of sp³-hybridized carbons (Fsp3) is 0.429. The van der Waals surface area contributed by atoms with Gasteiger partial charge in [0.25, 0.3) is 0 Å². The van der Waals surface area contributed by atoms with E-state index in [0.717, 1.165) is 12.8 Å². The summed E-state index contributed by atoms with van der Waals surface area (Å²) in [5.74, 6) is 0.442. The molecule has 0 N–H and O–H groups in total. The van der Waals surface area contributed by atoms with Crippen molar-refractivity contribution in [1.82, 2.24) is 0 Å². The van der Waals surface area contributed by atoms with Crippen molar-refractivity contribution in [3.05, 3.63) is 36.5 Å². The molecule has 0 radical (unpaired) electrons. The Balaban J connectivity index is 1.64. The molecule has 3 rings (SSSR count). The summed E-state index contributed by atoms with van der Waals surface area (Å²) in [4.78, 5) is 23.5. The molecule has 3 aliphatic carbocycles. The predicted octanol–water partition coefficient (Wildman–Crippen LogP) is 1.81. The molecule has 0 amide bonds. The highest BCUT2D eigenvalue weighted by Crippen LogP contribution is 2.44. The number of fused-ring (bicyclic) bond motifs is 2. The molecule has 3 aliphatic rings. The minimum absolute atomic E-state index is 0.0443. The molecule has 4 atom stereocenters. The third kappa shape index (κ3) is 1.86. The van der Waals surface area contributed by atoms with Crippen LogP contribution in [0.15, 0.2) is 36.5 Å². The van der Waals surface area contributed by atoms with E-state index >= 15 is 0 Å². The zero-order valence-electron chi connectivity index (χ0n) is 9.41. The molecular weight excluding hydrogens is 216 g/mol. The van der Waals surface area contributed by atoms with Gasteiger partial charge in [0.2, 0.25) is 0 Å². The lowest BCUT2D eigenvalue weighted by Gasteiger charge is -2.20. The number of allylic oxidation sites excluding steroid dienone is 4. The number of carbonyl (C=O) groups is 2. The zero-order valence-corrected chi connectivity index (χ0v) is 9.41. The summed E-state index contributed by atoms with van der Waals surface area (Å²) in [6.07, 6.45) is 12.0. The number of ketones is 1. The number of rotatable bonds is 2. The number of ether oxygens (including phenoxy) is 1. The van der Waals surface area contributed by atoms with Crippen LogP contribution in [0.4, 0.5) is 0 Å². The van der Waals surface area contributed by atoms with Gasteiger partial charge in [0.1, 0.15) is 0 Å². The van der Waals surface area contributed by atoms with Gasteiger partial charge in [-0.2, -0.15) is 0 Å². The predicted molar refractivity (Wildman–Crippen MR) is 62.0 cm³/mol. The SMILES string of the molecule is O=C1C=CC=CC1OC(=O)C1CC2C=CC1C2. The summed E-state index contributed by atoms with van der Waals surface area (Å²) < 4.78 is 5.28. The van der Waals surface area contributed by atoms with E-state index in [0.29, 0.717) is 11.8 Å². The Kier molecular flexibility index (Phi) is 2.46. The number of hydrogen-bond acceptors (Lipinski definition) is 3. The minimum Gasteiger partial charge on any atom is -0.449 e. The zero-order chi connectivity index (χ0) is 11.8. The Bertz CT molecular complexity index is 444. The number of carbonyl (C=O) groups excluding carboxylic acids is 2. The first-order valence-corrected chi connectivity index (χ1v) is 6.01. The highest BCUT2D eigenvalue weighted by Gasteiger charge is 2.41. The first kappa shape index (κ1) is 10.5. The molecule has 0 aromatic carbocycles. The molecule has 4 unspecified atom stereocenters. The third-order valence-corrected chi connectivity index (χ3v) is 3.76. The molecule has 88 valence electrons. The van der Waals surface area contributed by atoms with Gasteiger partial charge < -0.3 is 4.74 Å². The molecule has 1 saturated carbocycles. The van der Waals surface area contributed by atoms with E-state index in [-0.39, 0.29) is 17.7 Å². The number of hydrogen-bond donors (Lipinski definition) is 0. The smallest absolute Gasteiger partial charge is 0.310 e. The standard InChI is InChI=1S/C14H14O3/c15-12-3-1-2-4-13(12)17-14(16)11-8-9-5-6-10(11)7-9/h1-6,9-11,13H,7-8H2. The average Bonchev–Trinajstić information content (AvgIpc) is 2.94. The Morgan fingerprint density at radius 1 is 1.18 bits per heavy atom. The van der Waals surface area contributed by atoms with Crippen LogP contribution in [-0.2, 0) is 14.3 Å². The highest BCUT2D eigenvalue weighted by molar-refractivity contribution is 5.97. The lowest BCUT2D eigenvalue weighted by atomic mass is 9.94. The van der Waals surface area contributed by atoms with Crippen molar-refractivity contribution in [3.63, 3.8) is 0 Å². The minimum atomic E-state index is -0.712. The van der Waals surface area contributed by atoms with Crippen LogP contribution in [0.1, 0.15) is 12.8 Å². The lowest BCUT2D eigenvalue weighted by molar-refractivity contribution is -0.156. The fourth-order valence-corrected chi connectivity index (χ4v) is 2.87. The maximum Gasteiger partial charge on any atom is 0.310 e. The first-order chi connectivity index (χ1) is 8.24. The molecule has 3 heteroatoms. The quantitative estimate of drug-likeness (QED) is 0.536. The van der Waals surface area contributed by atoms with Crippen LogP contribution < -0.4 is 0 Å². The molecule has 17 heavy (non-hydrogen) atoms. The Morgan fingerprint density at radius 2 is 2.06 bits per heavy atom. The molecular formula is C14H14O3. The van der Waals surface area contributed by atoms with Gasteiger partial charge in [-0.25, -0.2) is 0 Å². The largest absolute Gasteiger partial charge is 0.449 e. The molecule has 0 spiro atoms. The van der Waals surface area contributed by atoms with Crippen molar-refractivity contribution in [3.8, 4) is 0 Å². The molecule has 0 heterocycles. The van der Waals surface area contributed by atoms with Crippen molar-refractivity contribution in [2.75, 3.05) is 0 Å². The molecule has 0 saturated heterocycles. The van der Waals surface area contributed by atoms with E-state index in [1.807, 2.05) is 0 Å². The van der Waals surface area contributed by atoms with E-state index in [1.54, 1.807) is 18.2 Å². The van der Waals surface area contributed by atoms with Crippen LogP contribution in [-0.4, -0.2) is 17.9 Å². The summed E-state index contributed by atoms with van der Waals surface area (Å²) in [7, 11) is 0. The molecule has 0 aromatic heterocycles. The maximum absolute atomic E-state index is 12.0. The molecule has 0 aliphatic heterocycles. The van der Waals surface area contributed by atoms with Gasteiger partial charge in [-0.15, -0.1) is 0 Å². The van der Waals surface area contributed by atoms with Crippen molar-refractivity contribution < 1.29 is 14.3 Å². The van der Waals surface area contributed by atoms with E-state index < -0.39 is 6.10 Å². The lowest BCUT2D eigenvalue weighted by Crippen LogP contribution is -2.30.